The van der Waals surface area contributed by atoms with Crippen molar-refractivity contribution in [2.24, 2.45) is 5.92 Å². The number of nitriles is 1. The first-order chi connectivity index (χ1) is 16.1. The van der Waals surface area contributed by atoms with Gasteiger partial charge < -0.3 is 19.9 Å². The summed E-state index contributed by atoms with van der Waals surface area (Å²) in [7, 11) is 1.48. The molecule has 5 rings (SSSR count). The zero-order chi connectivity index (χ0) is 22.9. The van der Waals surface area contributed by atoms with Crippen molar-refractivity contribution >= 4 is 39.5 Å². The summed E-state index contributed by atoms with van der Waals surface area (Å²) in [5.41, 5.74) is 1.97. The molecule has 5 heterocycles. The van der Waals surface area contributed by atoms with Gasteiger partial charge in [0, 0.05) is 38.0 Å². The fourth-order valence-electron chi connectivity index (χ4n) is 4.39. The molecule has 11 nitrogen and oxygen atoms in total. The first-order valence-electron chi connectivity index (χ1n) is 10.7. The van der Waals surface area contributed by atoms with Crippen LogP contribution in [0, 0.1) is 17.2 Å². The van der Waals surface area contributed by atoms with Crippen LogP contribution in [-0.4, -0.2) is 62.7 Å². The van der Waals surface area contributed by atoms with E-state index in [1.807, 2.05) is 29.1 Å². The zero-order valence-electron chi connectivity index (χ0n) is 18.3. The van der Waals surface area contributed by atoms with Gasteiger partial charge in [-0.25, -0.2) is 4.98 Å². The molecule has 0 spiro atoms. The molecular weight excluding hydrogens is 422 g/mol. The molecule has 1 aliphatic heterocycles. The Morgan fingerprint density at radius 3 is 2.97 bits per heavy atom. The molecule has 0 bridgehead atoms. The van der Waals surface area contributed by atoms with Gasteiger partial charge in [0.15, 0.2) is 17.3 Å². The monoisotopic (exact) mass is 445 g/mol. The summed E-state index contributed by atoms with van der Waals surface area (Å²) in [4.78, 5) is 22.1. The van der Waals surface area contributed by atoms with E-state index >= 15 is 0 Å². The van der Waals surface area contributed by atoms with Gasteiger partial charge in [0.25, 0.3) is 5.91 Å². The van der Waals surface area contributed by atoms with Crippen molar-refractivity contribution in [3.63, 3.8) is 0 Å². The lowest BCUT2D eigenvalue weighted by molar-refractivity contribution is -0.119. The Bertz CT molecular complexity index is 1350. The Hall–Kier alpha value is -4.04. The number of carbonyl (C=O) groups is 1. The number of ether oxygens (including phenoxy) is 1. The van der Waals surface area contributed by atoms with Crippen molar-refractivity contribution in [1.29, 1.82) is 5.26 Å². The van der Waals surface area contributed by atoms with Crippen LogP contribution in [-0.2, 0) is 9.53 Å². The molecule has 1 saturated heterocycles. The molecule has 2 atom stereocenters. The van der Waals surface area contributed by atoms with E-state index in [4.69, 9.17) is 15.1 Å². The van der Waals surface area contributed by atoms with E-state index in [1.165, 1.54) is 7.11 Å². The Balaban J connectivity index is 1.57. The number of aromatic amines is 1. The summed E-state index contributed by atoms with van der Waals surface area (Å²) in [5.74, 6) is 1.25. The van der Waals surface area contributed by atoms with E-state index in [1.54, 1.807) is 12.3 Å². The lowest BCUT2D eigenvalue weighted by Gasteiger charge is -2.37. The van der Waals surface area contributed by atoms with Crippen LogP contribution in [0.5, 0.6) is 0 Å². The molecule has 0 aliphatic carbocycles. The quantitative estimate of drug-likeness (QED) is 0.477. The standard InChI is InChI=1S/C22H23N9O2/c1-13-6-8-30(18-4-3-14(9-23)27-28-18)11-17(13)31-20-15-5-7-24-21(15)25-10-16(20)22(29-31)26-19(32)12-33-2/h3-5,7,10,13,17H,6,8,11-12H2,1-2H3,(H,24,25)(H,26,29,32)/t13-,17+/m1/s1. The Morgan fingerprint density at radius 2 is 2.21 bits per heavy atom. The zero-order valence-corrected chi connectivity index (χ0v) is 18.3. The molecule has 33 heavy (non-hydrogen) atoms. The number of rotatable bonds is 5. The summed E-state index contributed by atoms with van der Waals surface area (Å²) in [6.45, 7) is 3.64. The number of amides is 1. The molecule has 168 valence electrons. The van der Waals surface area contributed by atoms with E-state index in [-0.39, 0.29) is 24.2 Å². The minimum atomic E-state index is -0.274. The van der Waals surface area contributed by atoms with Gasteiger partial charge in [0.05, 0.1) is 16.9 Å². The number of piperidine rings is 1. The van der Waals surface area contributed by atoms with Gasteiger partial charge in [-0.15, -0.1) is 10.2 Å². The van der Waals surface area contributed by atoms with Crippen LogP contribution in [0.1, 0.15) is 25.1 Å². The highest BCUT2D eigenvalue weighted by Crippen LogP contribution is 2.36. The topological polar surface area (TPSA) is 138 Å². The normalized spacial score (nSPS) is 18.5. The lowest BCUT2D eigenvalue weighted by Crippen LogP contribution is -2.41. The predicted octanol–water partition coefficient (Wildman–Crippen LogP) is 2.25. The van der Waals surface area contributed by atoms with Gasteiger partial charge >= 0.3 is 0 Å². The number of pyridine rings is 1. The van der Waals surface area contributed by atoms with Crippen molar-refractivity contribution in [3.05, 3.63) is 36.3 Å². The number of anilines is 2. The van der Waals surface area contributed by atoms with E-state index in [2.05, 4.69) is 37.3 Å². The molecule has 0 unspecified atom stereocenters. The summed E-state index contributed by atoms with van der Waals surface area (Å²) in [6.07, 6.45) is 4.51. The number of hydrogen-bond acceptors (Lipinski definition) is 8. The Kier molecular flexibility index (Phi) is 5.35. The predicted molar refractivity (Wildman–Crippen MR) is 122 cm³/mol. The van der Waals surface area contributed by atoms with Gasteiger partial charge in [0.2, 0.25) is 0 Å². The average molecular weight is 445 g/mol. The van der Waals surface area contributed by atoms with E-state index in [0.717, 1.165) is 40.7 Å². The molecule has 1 amide bonds. The van der Waals surface area contributed by atoms with Crippen molar-refractivity contribution in [2.45, 2.75) is 19.4 Å². The maximum absolute atomic E-state index is 12.3. The van der Waals surface area contributed by atoms with E-state index in [9.17, 15) is 4.79 Å². The highest BCUT2D eigenvalue weighted by Gasteiger charge is 2.32. The Morgan fingerprint density at radius 1 is 1.33 bits per heavy atom. The molecule has 0 radical (unpaired) electrons. The molecule has 4 aromatic rings. The molecule has 1 fully saturated rings. The molecule has 2 N–H and O–H groups in total. The third-order valence-electron chi connectivity index (χ3n) is 6.11. The van der Waals surface area contributed by atoms with Crippen LogP contribution >= 0.6 is 0 Å². The number of fused-ring (bicyclic) bond motifs is 3. The molecule has 0 saturated carbocycles. The Labute approximate surface area is 189 Å². The van der Waals surface area contributed by atoms with Crippen LogP contribution in [0.4, 0.5) is 11.6 Å². The van der Waals surface area contributed by atoms with Gasteiger partial charge in [-0.05, 0) is 30.5 Å². The molecular formula is C22H23N9O2. The molecule has 11 heteroatoms. The largest absolute Gasteiger partial charge is 0.375 e. The highest BCUT2D eigenvalue weighted by molar-refractivity contribution is 6.09. The van der Waals surface area contributed by atoms with Gasteiger partial charge in [0.1, 0.15) is 18.3 Å². The SMILES string of the molecule is COCC(=O)Nc1nn([C@H]2CN(c3ccc(C#N)nn3)CC[C@H]2C)c2c1cnc1[nH]ccc12. The fraction of sp³-hybridized carbons (Fsp3) is 0.364. The maximum Gasteiger partial charge on any atom is 0.251 e. The summed E-state index contributed by atoms with van der Waals surface area (Å²) < 4.78 is 6.96. The van der Waals surface area contributed by atoms with Gasteiger partial charge in [-0.2, -0.15) is 10.4 Å². The second-order valence-corrected chi connectivity index (χ2v) is 8.20. The number of methoxy groups -OCH3 is 1. The van der Waals surface area contributed by atoms with Crippen molar-refractivity contribution in [3.8, 4) is 6.07 Å². The number of hydrogen-bond donors (Lipinski definition) is 2. The summed E-state index contributed by atoms with van der Waals surface area (Å²) in [5, 5.41) is 26.6. The number of aromatic nitrogens is 6. The lowest BCUT2D eigenvalue weighted by atomic mass is 9.93. The summed E-state index contributed by atoms with van der Waals surface area (Å²) in [6, 6.07) is 7.50. The van der Waals surface area contributed by atoms with Gasteiger partial charge in [-0.3, -0.25) is 9.48 Å². The summed E-state index contributed by atoms with van der Waals surface area (Å²) >= 11 is 0. The maximum atomic E-state index is 12.3. The molecule has 1 aliphatic rings. The number of nitrogens with zero attached hydrogens (tertiary/aromatic N) is 7. The third-order valence-corrected chi connectivity index (χ3v) is 6.11. The minimum absolute atomic E-state index is 0.0206. The third kappa shape index (κ3) is 3.74. The van der Waals surface area contributed by atoms with E-state index < -0.39 is 0 Å². The second-order valence-electron chi connectivity index (χ2n) is 8.20. The molecule has 4 aromatic heterocycles. The number of carbonyl (C=O) groups excluding carboxylic acids is 1. The van der Waals surface area contributed by atoms with Crippen LogP contribution in [0.15, 0.2) is 30.6 Å². The van der Waals surface area contributed by atoms with Crippen molar-refractivity contribution in [2.75, 3.05) is 37.0 Å². The number of H-pyrrole nitrogens is 1. The van der Waals surface area contributed by atoms with Crippen molar-refractivity contribution in [1.82, 2.24) is 29.9 Å². The smallest absolute Gasteiger partial charge is 0.251 e. The first kappa shape index (κ1) is 20.8. The second kappa shape index (κ2) is 8.48. The van der Waals surface area contributed by atoms with E-state index in [0.29, 0.717) is 18.3 Å². The van der Waals surface area contributed by atoms with Crippen molar-refractivity contribution < 1.29 is 9.53 Å². The minimum Gasteiger partial charge on any atom is -0.375 e. The van der Waals surface area contributed by atoms with Crippen LogP contribution in [0.2, 0.25) is 0 Å². The molecule has 0 aromatic carbocycles. The number of nitrogens with one attached hydrogen (secondary N) is 2. The first-order valence-corrected chi connectivity index (χ1v) is 10.7. The average Bonchev–Trinajstić information content (AvgIpc) is 3.44. The van der Waals surface area contributed by atoms with Crippen LogP contribution in [0.3, 0.4) is 0 Å². The van der Waals surface area contributed by atoms with Crippen LogP contribution in [0.25, 0.3) is 21.9 Å². The fourth-order valence-corrected chi connectivity index (χ4v) is 4.39. The van der Waals surface area contributed by atoms with Crippen LogP contribution < -0.4 is 10.2 Å². The highest BCUT2D eigenvalue weighted by atomic mass is 16.5. The van der Waals surface area contributed by atoms with Gasteiger partial charge in [-0.1, -0.05) is 6.92 Å².